The van der Waals surface area contributed by atoms with E-state index in [1.165, 1.54) is 0 Å². The van der Waals surface area contributed by atoms with Crippen LogP contribution in [0.5, 0.6) is 5.75 Å². The van der Waals surface area contributed by atoms with Gasteiger partial charge in [-0.15, -0.1) is 0 Å². The van der Waals surface area contributed by atoms with Crippen LogP contribution in [-0.2, 0) is 0 Å². The van der Waals surface area contributed by atoms with Crippen LogP contribution in [-0.4, -0.2) is 6.61 Å². The van der Waals surface area contributed by atoms with Gasteiger partial charge in [0, 0.05) is 23.7 Å². The van der Waals surface area contributed by atoms with Gasteiger partial charge in [0.15, 0.2) is 0 Å². The fourth-order valence-electron chi connectivity index (χ4n) is 1.55. The molecule has 1 unspecified atom stereocenters. The average Bonchev–Trinajstić information content (AvgIpc) is 2.12. The molecule has 1 aromatic carbocycles. The highest BCUT2D eigenvalue weighted by atomic mass is 79.9. The van der Waals surface area contributed by atoms with E-state index < -0.39 is 0 Å². The summed E-state index contributed by atoms with van der Waals surface area (Å²) < 4.78 is 6.42. The van der Waals surface area contributed by atoms with E-state index in [1.807, 2.05) is 12.1 Å². The van der Waals surface area contributed by atoms with Gasteiger partial charge in [-0.3, -0.25) is 0 Å². The van der Waals surface area contributed by atoms with Gasteiger partial charge in [0.05, 0.1) is 11.1 Å². The summed E-state index contributed by atoms with van der Waals surface area (Å²) in [5.41, 5.74) is 13.4. The summed E-state index contributed by atoms with van der Waals surface area (Å²) in [6, 6.07) is 3.73. The molecule has 1 aliphatic rings. The molecular formula is C9H11BrN2O. The minimum Gasteiger partial charge on any atom is -0.492 e. The minimum atomic E-state index is 0.00116. The lowest BCUT2D eigenvalue weighted by Gasteiger charge is -2.25. The van der Waals surface area contributed by atoms with Gasteiger partial charge >= 0.3 is 0 Å². The molecule has 4 N–H and O–H groups in total. The Morgan fingerprint density at radius 1 is 1.46 bits per heavy atom. The van der Waals surface area contributed by atoms with Crippen LogP contribution >= 0.6 is 15.9 Å². The summed E-state index contributed by atoms with van der Waals surface area (Å²) in [6.07, 6.45) is 0.827. The Kier molecular flexibility index (Phi) is 2.17. The Bertz CT molecular complexity index is 341. The Morgan fingerprint density at radius 3 is 2.92 bits per heavy atom. The lowest BCUT2D eigenvalue weighted by atomic mass is 10.00. The SMILES string of the molecule is Nc1ccc(Br)c2c1C(N)CCO2. The minimum absolute atomic E-state index is 0.00116. The number of nitrogens with two attached hydrogens (primary N) is 2. The van der Waals surface area contributed by atoms with E-state index in [2.05, 4.69) is 15.9 Å². The molecule has 0 radical (unpaired) electrons. The van der Waals surface area contributed by atoms with Gasteiger partial charge in [0.1, 0.15) is 5.75 Å². The molecule has 0 aromatic heterocycles. The number of hydrogen-bond acceptors (Lipinski definition) is 3. The highest BCUT2D eigenvalue weighted by Gasteiger charge is 2.22. The molecule has 2 rings (SSSR count). The summed E-state index contributed by atoms with van der Waals surface area (Å²) in [5.74, 6) is 0.804. The van der Waals surface area contributed by atoms with Crippen molar-refractivity contribution in [2.45, 2.75) is 12.5 Å². The van der Waals surface area contributed by atoms with Crippen LogP contribution in [0.3, 0.4) is 0 Å². The van der Waals surface area contributed by atoms with E-state index in [4.69, 9.17) is 16.2 Å². The Labute approximate surface area is 85.2 Å². The molecule has 0 amide bonds. The van der Waals surface area contributed by atoms with Gasteiger partial charge in [-0.1, -0.05) is 0 Å². The zero-order chi connectivity index (χ0) is 9.42. The first kappa shape index (κ1) is 8.84. The molecule has 0 aliphatic carbocycles. The second-order valence-electron chi connectivity index (χ2n) is 3.12. The van der Waals surface area contributed by atoms with Gasteiger partial charge in [-0.25, -0.2) is 0 Å². The van der Waals surface area contributed by atoms with Gasteiger partial charge < -0.3 is 16.2 Å². The van der Waals surface area contributed by atoms with Crippen LogP contribution in [0.15, 0.2) is 16.6 Å². The second kappa shape index (κ2) is 3.20. The molecule has 3 nitrogen and oxygen atoms in total. The molecule has 0 fully saturated rings. The zero-order valence-electron chi connectivity index (χ0n) is 7.09. The Balaban J connectivity index is 2.60. The highest BCUT2D eigenvalue weighted by Crippen LogP contribution is 2.40. The topological polar surface area (TPSA) is 61.3 Å². The summed E-state index contributed by atoms with van der Waals surface area (Å²) in [5, 5.41) is 0. The van der Waals surface area contributed by atoms with Crippen molar-refractivity contribution < 1.29 is 4.74 Å². The fourth-order valence-corrected chi connectivity index (χ4v) is 2.01. The molecule has 1 atom stereocenters. The number of anilines is 1. The summed E-state index contributed by atoms with van der Waals surface area (Å²) in [7, 11) is 0. The summed E-state index contributed by atoms with van der Waals surface area (Å²) >= 11 is 3.41. The standard InChI is InChI=1S/C9H11BrN2O/c10-5-1-2-6(11)8-7(12)3-4-13-9(5)8/h1-2,7H,3-4,11-12H2. The fraction of sp³-hybridized carbons (Fsp3) is 0.333. The van der Waals surface area contributed by atoms with Gasteiger partial charge in [0.2, 0.25) is 0 Å². The first-order chi connectivity index (χ1) is 6.20. The van der Waals surface area contributed by atoms with Crippen molar-refractivity contribution in [3.8, 4) is 5.75 Å². The number of nitrogen functional groups attached to an aromatic ring is 1. The Hall–Kier alpha value is -0.740. The molecule has 0 bridgehead atoms. The molecule has 0 saturated heterocycles. The van der Waals surface area contributed by atoms with Crippen LogP contribution in [0.2, 0.25) is 0 Å². The second-order valence-corrected chi connectivity index (χ2v) is 3.98. The van der Waals surface area contributed by atoms with Crippen molar-refractivity contribution in [2.24, 2.45) is 5.73 Å². The quantitative estimate of drug-likeness (QED) is 0.683. The molecule has 1 heterocycles. The number of rotatable bonds is 0. The number of benzene rings is 1. The van der Waals surface area contributed by atoms with Crippen LogP contribution < -0.4 is 16.2 Å². The maximum absolute atomic E-state index is 5.94. The van der Waals surface area contributed by atoms with E-state index in [-0.39, 0.29) is 6.04 Å². The summed E-state index contributed by atoms with van der Waals surface area (Å²) in [4.78, 5) is 0. The van der Waals surface area contributed by atoms with Crippen LogP contribution in [0.4, 0.5) is 5.69 Å². The highest BCUT2D eigenvalue weighted by molar-refractivity contribution is 9.10. The predicted octanol–water partition coefficient (Wildman–Crippen LogP) is 1.81. The predicted molar refractivity (Wildman–Crippen MR) is 55.6 cm³/mol. The first-order valence-corrected chi connectivity index (χ1v) is 4.95. The molecule has 4 heteroatoms. The maximum atomic E-state index is 5.94. The third kappa shape index (κ3) is 1.40. The van der Waals surface area contributed by atoms with E-state index >= 15 is 0 Å². The van der Waals surface area contributed by atoms with Gasteiger partial charge in [-0.05, 0) is 28.1 Å². The van der Waals surface area contributed by atoms with E-state index in [9.17, 15) is 0 Å². The third-order valence-corrected chi connectivity index (χ3v) is 2.85. The summed E-state index contributed by atoms with van der Waals surface area (Å²) in [6.45, 7) is 0.663. The average molecular weight is 243 g/mol. The maximum Gasteiger partial charge on any atom is 0.140 e. The van der Waals surface area contributed by atoms with E-state index in [0.29, 0.717) is 12.3 Å². The van der Waals surface area contributed by atoms with Gasteiger partial charge in [0.25, 0.3) is 0 Å². The lowest BCUT2D eigenvalue weighted by molar-refractivity contribution is 0.268. The zero-order valence-corrected chi connectivity index (χ0v) is 8.67. The molecule has 1 aromatic rings. The number of halogens is 1. The number of ether oxygens (including phenoxy) is 1. The van der Waals surface area contributed by atoms with Crippen molar-refractivity contribution in [3.63, 3.8) is 0 Å². The van der Waals surface area contributed by atoms with Crippen LogP contribution in [0.1, 0.15) is 18.0 Å². The molecule has 1 aliphatic heterocycles. The van der Waals surface area contributed by atoms with Crippen LogP contribution in [0.25, 0.3) is 0 Å². The van der Waals surface area contributed by atoms with Gasteiger partial charge in [-0.2, -0.15) is 0 Å². The van der Waals surface area contributed by atoms with E-state index in [0.717, 1.165) is 22.2 Å². The van der Waals surface area contributed by atoms with Crippen molar-refractivity contribution in [2.75, 3.05) is 12.3 Å². The largest absolute Gasteiger partial charge is 0.492 e. The first-order valence-electron chi connectivity index (χ1n) is 4.16. The van der Waals surface area contributed by atoms with Crippen molar-refractivity contribution in [3.05, 3.63) is 22.2 Å². The third-order valence-electron chi connectivity index (χ3n) is 2.23. The van der Waals surface area contributed by atoms with Crippen molar-refractivity contribution in [1.82, 2.24) is 0 Å². The molecular weight excluding hydrogens is 232 g/mol. The lowest BCUT2D eigenvalue weighted by Crippen LogP contribution is -2.22. The van der Waals surface area contributed by atoms with Crippen molar-refractivity contribution in [1.29, 1.82) is 0 Å². The molecule has 0 saturated carbocycles. The normalized spacial score (nSPS) is 20.6. The molecule has 0 spiro atoms. The monoisotopic (exact) mass is 242 g/mol. The smallest absolute Gasteiger partial charge is 0.140 e. The number of fused-ring (bicyclic) bond motifs is 1. The molecule has 70 valence electrons. The van der Waals surface area contributed by atoms with Crippen LogP contribution in [0, 0.1) is 0 Å². The molecule has 13 heavy (non-hydrogen) atoms. The number of hydrogen-bond donors (Lipinski definition) is 2. The van der Waals surface area contributed by atoms with E-state index in [1.54, 1.807) is 0 Å². The van der Waals surface area contributed by atoms with Crippen molar-refractivity contribution >= 4 is 21.6 Å². The Morgan fingerprint density at radius 2 is 2.23 bits per heavy atom.